The molecule has 6 nitrogen and oxygen atoms in total. The minimum atomic E-state index is 0.592. The topological polar surface area (TPSA) is 61.8 Å². The zero-order valence-corrected chi connectivity index (χ0v) is 17.0. The summed E-state index contributed by atoms with van der Waals surface area (Å²) in [5.74, 6) is 1.68. The molecule has 7 heteroatoms. The molecule has 3 rings (SSSR count). The second kappa shape index (κ2) is 10.2. The van der Waals surface area contributed by atoms with Gasteiger partial charge in [-0.3, -0.25) is 4.99 Å². The van der Waals surface area contributed by atoms with E-state index in [0.717, 1.165) is 43.5 Å². The fourth-order valence-electron chi connectivity index (χ4n) is 2.97. The number of thiazole rings is 1. The lowest BCUT2D eigenvalue weighted by atomic mass is 10.2. The van der Waals surface area contributed by atoms with Crippen LogP contribution in [0.5, 0.6) is 5.75 Å². The number of aliphatic imine (C=N–C) groups is 1. The second-order valence-electron chi connectivity index (χ2n) is 6.65. The lowest BCUT2D eigenvalue weighted by molar-refractivity contribution is 0.322. The summed E-state index contributed by atoms with van der Waals surface area (Å²) in [6, 6.07) is 8.09. The first-order valence-electron chi connectivity index (χ1n) is 9.58. The van der Waals surface area contributed by atoms with E-state index in [9.17, 15) is 0 Å². The largest absolute Gasteiger partial charge is 0.492 e. The van der Waals surface area contributed by atoms with Gasteiger partial charge in [0.25, 0.3) is 0 Å². The van der Waals surface area contributed by atoms with Crippen molar-refractivity contribution in [1.29, 1.82) is 0 Å². The summed E-state index contributed by atoms with van der Waals surface area (Å²) in [7, 11) is 1.78. The lowest BCUT2D eigenvalue weighted by Crippen LogP contribution is -2.40. The molecular weight excluding hydrogens is 358 g/mol. The zero-order valence-electron chi connectivity index (χ0n) is 16.2. The van der Waals surface area contributed by atoms with Crippen molar-refractivity contribution < 1.29 is 4.74 Å². The summed E-state index contributed by atoms with van der Waals surface area (Å²) in [5, 5.41) is 9.94. The number of hydrogen-bond acceptors (Lipinski definition) is 5. The van der Waals surface area contributed by atoms with E-state index in [2.05, 4.69) is 45.0 Å². The number of benzene rings is 1. The summed E-state index contributed by atoms with van der Waals surface area (Å²) >= 11 is 1.75. The highest BCUT2D eigenvalue weighted by Gasteiger charge is 2.15. The molecule has 1 fully saturated rings. The Hall–Kier alpha value is -2.28. The normalized spacial score (nSPS) is 14.4. The van der Waals surface area contributed by atoms with E-state index < -0.39 is 0 Å². The number of aryl methyl sites for hydroxylation is 1. The number of nitrogens with zero attached hydrogens (tertiary/aromatic N) is 3. The summed E-state index contributed by atoms with van der Waals surface area (Å²) in [5.41, 5.74) is 2.38. The van der Waals surface area contributed by atoms with Gasteiger partial charge in [0, 0.05) is 38.5 Å². The number of rotatable bonds is 8. The van der Waals surface area contributed by atoms with Crippen LogP contribution in [0.4, 0.5) is 5.13 Å². The van der Waals surface area contributed by atoms with Gasteiger partial charge in [-0.1, -0.05) is 17.7 Å². The fraction of sp³-hybridized carbons (Fsp3) is 0.500. The zero-order chi connectivity index (χ0) is 18.9. The number of guanidine groups is 1. The van der Waals surface area contributed by atoms with E-state index in [-0.39, 0.29) is 0 Å². The molecule has 0 aliphatic carbocycles. The van der Waals surface area contributed by atoms with E-state index in [1.165, 1.54) is 23.5 Å². The van der Waals surface area contributed by atoms with Crippen molar-refractivity contribution in [3.8, 4) is 5.75 Å². The van der Waals surface area contributed by atoms with Crippen LogP contribution in [0.1, 0.15) is 24.1 Å². The first-order chi connectivity index (χ1) is 13.2. The summed E-state index contributed by atoms with van der Waals surface area (Å²) in [4.78, 5) is 11.4. The Morgan fingerprint density at radius 3 is 2.67 bits per heavy atom. The number of nitrogens with one attached hydrogen (secondary N) is 2. The number of ether oxygens (including phenoxy) is 1. The molecular formula is C20H29N5OS. The van der Waals surface area contributed by atoms with Crippen LogP contribution < -0.4 is 20.3 Å². The van der Waals surface area contributed by atoms with Gasteiger partial charge in [0.05, 0.1) is 12.2 Å². The van der Waals surface area contributed by atoms with Crippen molar-refractivity contribution >= 4 is 22.4 Å². The van der Waals surface area contributed by atoms with Crippen molar-refractivity contribution in [2.24, 2.45) is 4.99 Å². The van der Waals surface area contributed by atoms with Gasteiger partial charge < -0.3 is 20.3 Å². The summed E-state index contributed by atoms with van der Waals surface area (Å²) < 4.78 is 5.72. The Bertz CT molecular complexity index is 722. The predicted octanol–water partition coefficient (Wildman–Crippen LogP) is 2.84. The molecule has 0 saturated carbocycles. The van der Waals surface area contributed by atoms with Crippen LogP contribution in [0.3, 0.4) is 0 Å². The molecule has 0 atom stereocenters. The molecule has 1 saturated heterocycles. The fourth-order valence-corrected chi connectivity index (χ4v) is 3.88. The predicted molar refractivity (Wildman–Crippen MR) is 113 cm³/mol. The Morgan fingerprint density at radius 2 is 1.93 bits per heavy atom. The van der Waals surface area contributed by atoms with Crippen LogP contribution in [-0.2, 0) is 6.42 Å². The molecule has 146 valence electrons. The molecule has 2 aromatic rings. The van der Waals surface area contributed by atoms with Gasteiger partial charge in [-0.25, -0.2) is 4.98 Å². The van der Waals surface area contributed by atoms with E-state index in [1.54, 1.807) is 18.4 Å². The molecule has 1 aliphatic heterocycles. The molecule has 2 N–H and O–H groups in total. The van der Waals surface area contributed by atoms with Gasteiger partial charge in [-0.15, -0.1) is 11.3 Å². The quantitative estimate of drug-likeness (QED) is 0.414. The van der Waals surface area contributed by atoms with Crippen molar-refractivity contribution in [2.75, 3.05) is 44.7 Å². The Kier molecular flexibility index (Phi) is 7.33. The first-order valence-corrected chi connectivity index (χ1v) is 10.5. The molecule has 2 heterocycles. The van der Waals surface area contributed by atoms with Gasteiger partial charge in [0.1, 0.15) is 12.4 Å². The third-order valence-electron chi connectivity index (χ3n) is 4.50. The molecule has 0 spiro atoms. The van der Waals surface area contributed by atoms with E-state index in [0.29, 0.717) is 13.2 Å². The molecule has 1 aromatic heterocycles. The van der Waals surface area contributed by atoms with Gasteiger partial charge in [0.2, 0.25) is 0 Å². The minimum absolute atomic E-state index is 0.592. The summed E-state index contributed by atoms with van der Waals surface area (Å²) in [6.07, 6.45) is 3.46. The third kappa shape index (κ3) is 6.13. The maximum Gasteiger partial charge on any atom is 0.191 e. The Morgan fingerprint density at radius 1 is 1.19 bits per heavy atom. The molecule has 0 bridgehead atoms. The second-order valence-corrected chi connectivity index (χ2v) is 7.49. The highest BCUT2D eigenvalue weighted by Crippen LogP contribution is 2.24. The average molecular weight is 388 g/mol. The molecule has 1 aliphatic rings. The van der Waals surface area contributed by atoms with E-state index >= 15 is 0 Å². The molecule has 0 unspecified atom stereocenters. The van der Waals surface area contributed by atoms with Crippen LogP contribution in [-0.4, -0.2) is 50.8 Å². The number of hydrogen-bond donors (Lipinski definition) is 2. The van der Waals surface area contributed by atoms with Crippen LogP contribution in [0, 0.1) is 6.92 Å². The smallest absolute Gasteiger partial charge is 0.191 e. The standard InChI is InChI=1S/C20H29N5OS/c1-16-5-7-18(8-6-16)26-14-11-23-19(21-2)22-10-9-17-15-27-20(24-17)25-12-3-4-13-25/h5-8,15H,3-4,9-14H2,1-2H3,(H2,21,22,23). The van der Waals surface area contributed by atoms with Crippen molar-refractivity contribution in [1.82, 2.24) is 15.6 Å². The molecule has 27 heavy (non-hydrogen) atoms. The van der Waals surface area contributed by atoms with Crippen LogP contribution in [0.15, 0.2) is 34.6 Å². The number of anilines is 1. The molecule has 0 amide bonds. The number of aromatic nitrogens is 1. The van der Waals surface area contributed by atoms with Crippen LogP contribution in [0.25, 0.3) is 0 Å². The first kappa shape index (κ1) is 19.5. The maximum atomic E-state index is 5.72. The monoisotopic (exact) mass is 387 g/mol. The van der Waals surface area contributed by atoms with E-state index in [1.807, 2.05) is 12.1 Å². The van der Waals surface area contributed by atoms with Crippen molar-refractivity contribution in [3.05, 3.63) is 40.9 Å². The maximum absolute atomic E-state index is 5.72. The molecule has 1 aromatic carbocycles. The Balaban J connectivity index is 1.32. The van der Waals surface area contributed by atoms with Crippen molar-refractivity contribution in [3.63, 3.8) is 0 Å². The van der Waals surface area contributed by atoms with E-state index in [4.69, 9.17) is 9.72 Å². The summed E-state index contributed by atoms with van der Waals surface area (Å²) in [6.45, 7) is 6.46. The highest BCUT2D eigenvalue weighted by atomic mass is 32.1. The van der Waals surface area contributed by atoms with Gasteiger partial charge in [0.15, 0.2) is 11.1 Å². The third-order valence-corrected chi connectivity index (χ3v) is 5.45. The van der Waals surface area contributed by atoms with Crippen LogP contribution >= 0.6 is 11.3 Å². The van der Waals surface area contributed by atoms with Gasteiger partial charge in [-0.05, 0) is 31.9 Å². The van der Waals surface area contributed by atoms with Crippen LogP contribution in [0.2, 0.25) is 0 Å². The SMILES string of the molecule is CN=C(NCCOc1ccc(C)cc1)NCCc1csc(N2CCCC2)n1. The van der Waals surface area contributed by atoms with Crippen molar-refractivity contribution in [2.45, 2.75) is 26.2 Å². The Labute approximate surface area is 165 Å². The average Bonchev–Trinajstić information content (AvgIpc) is 3.36. The minimum Gasteiger partial charge on any atom is -0.492 e. The highest BCUT2D eigenvalue weighted by molar-refractivity contribution is 7.13. The van der Waals surface area contributed by atoms with Gasteiger partial charge >= 0.3 is 0 Å². The lowest BCUT2D eigenvalue weighted by Gasteiger charge is -2.13. The van der Waals surface area contributed by atoms with Gasteiger partial charge in [-0.2, -0.15) is 0 Å². The molecule has 0 radical (unpaired) electrons.